The number of amides is 2. The maximum Gasteiger partial charge on any atom is 0.411 e. The second kappa shape index (κ2) is 10.9. The number of fused-ring (bicyclic) bond motifs is 3. The maximum absolute atomic E-state index is 12.6. The predicted molar refractivity (Wildman–Crippen MR) is 134 cm³/mol. The molecule has 1 atom stereocenters. The van der Waals surface area contributed by atoms with Crippen molar-refractivity contribution in [2.75, 3.05) is 11.9 Å². The highest BCUT2D eigenvalue weighted by Gasteiger charge is 2.29. The molecule has 0 saturated heterocycles. The largest absolute Gasteiger partial charge is 0.480 e. The summed E-state index contributed by atoms with van der Waals surface area (Å²) in [5, 5.41) is 14.6. The van der Waals surface area contributed by atoms with Crippen LogP contribution in [-0.4, -0.2) is 35.7 Å². The summed E-state index contributed by atoms with van der Waals surface area (Å²) in [5.41, 5.74) is 5.18. The monoisotopic (exact) mass is 472 g/mol. The van der Waals surface area contributed by atoms with E-state index in [2.05, 4.69) is 22.8 Å². The topological polar surface area (TPSA) is 105 Å². The van der Waals surface area contributed by atoms with Gasteiger partial charge in [0, 0.05) is 17.2 Å². The van der Waals surface area contributed by atoms with Crippen LogP contribution in [0.3, 0.4) is 0 Å². The highest BCUT2D eigenvalue weighted by molar-refractivity contribution is 5.98. The first-order valence-corrected chi connectivity index (χ1v) is 11.7. The molecule has 0 radical (unpaired) electrons. The molecule has 0 heterocycles. The lowest BCUT2D eigenvalue weighted by atomic mass is 9.98. The average molecular weight is 473 g/mol. The molecule has 0 spiro atoms. The van der Waals surface area contributed by atoms with Gasteiger partial charge in [-0.3, -0.25) is 10.1 Å². The molecule has 2 amide bonds. The Morgan fingerprint density at radius 2 is 1.60 bits per heavy atom. The first-order chi connectivity index (χ1) is 17.0. The molecule has 0 unspecified atom stereocenters. The third-order valence-corrected chi connectivity index (χ3v) is 6.16. The Hall–Kier alpha value is -4.13. The molecule has 1 aliphatic rings. The van der Waals surface area contributed by atoms with Gasteiger partial charge in [-0.05, 0) is 46.9 Å². The van der Waals surface area contributed by atoms with E-state index in [-0.39, 0.29) is 18.1 Å². The van der Waals surface area contributed by atoms with Gasteiger partial charge in [0.1, 0.15) is 12.6 Å². The Bertz CT molecular complexity index is 1190. The lowest BCUT2D eigenvalue weighted by Gasteiger charge is -2.15. The zero-order chi connectivity index (χ0) is 24.8. The van der Waals surface area contributed by atoms with Gasteiger partial charge in [-0.2, -0.15) is 0 Å². The maximum atomic E-state index is 12.6. The van der Waals surface area contributed by atoms with E-state index in [4.69, 9.17) is 4.74 Å². The van der Waals surface area contributed by atoms with Gasteiger partial charge >= 0.3 is 12.1 Å². The quantitative estimate of drug-likeness (QED) is 0.386. The van der Waals surface area contributed by atoms with Crippen molar-refractivity contribution in [2.24, 2.45) is 0 Å². The number of aliphatic carboxylic acids is 1. The van der Waals surface area contributed by atoms with Gasteiger partial charge in [0.25, 0.3) is 5.91 Å². The number of ether oxygens (including phenoxy) is 1. The number of benzene rings is 3. The van der Waals surface area contributed by atoms with Crippen LogP contribution < -0.4 is 10.6 Å². The smallest absolute Gasteiger partial charge is 0.411 e. The second-order valence-electron chi connectivity index (χ2n) is 8.54. The van der Waals surface area contributed by atoms with Crippen LogP contribution in [0.5, 0.6) is 0 Å². The summed E-state index contributed by atoms with van der Waals surface area (Å²) >= 11 is 0. The standard InChI is InChI=1S/C28H28N2O5/c1-2-3-15-25(27(32)33)30-26(31)18-9-8-10-19(16-18)29-28(34)35-17-24-22-13-6-4-11-20(22)21-12-5-7-14-23(21)24/h4-14,16,24-25H,2-3,15,17H2,1H3,(H,29,34)(H,30,31)(H,32,33)/t25-/m0/s1. The summed E-state index contributed by atoms with van der Waals surface area (Å²) in [7, 11) is 0. The van der Waals surface area contributed by atoms with Crippen LogP contribution in [0.2, 0.25) is 0 Å². The molecule has 3 aromatic carbocycles. The zero-order valence-electron chi connectivity index (χ0n) is 19.5. The highest BCUT2D eigenvalue weighted by atomic mass is 16.5. The van der Waals surface area contributed by atoms with Crippen molar-refractivity contribution in [2.45, 2.75) is 38.1 Å². The first kappa shape index (κ1) is 24.0. The van der Waals surface area contributed by atoms with E-state index in [0.29, 0.717) is 18.5 Å². The van der Waals surface area contributed by atoms with Crippen LogP contribution in [0, 0.1) is 0 Å². The number of anilines is 1. The van der Waals surface area contributed by atoms with Crippen LogP contribution in [0.15, 0.2) is 72.8 Å². The number of rotatable bonds is 9. The Morgan fingerprint density at radius 3 is 2.23 bits per heavy atom. The Kier molecular flexibility index (Phi) is 7.45. The average Bonchev–Trinajstić information content (AvgIpc) is 3.19. The summed E-state index contributed by atoms with van der Waals surface area (Å²) in [6.07, 6.45) is 1.26. The third kappa shape index (κ3) is 5.51. The van der Waals surface area contributed by atoms with E-state index in [9.17, 15) is 19.5 Å². The van der Waals surface area contributed by atoms with Crippen molar-refractivity contribution < 1.29 is 24.2 Å². The number of hydrogen-bond acceptors (Lipinski definition) is 4. The third-order valence-electron chi connectivity index (χ3n) is 6.16. The van der Waals surface area contributed by atoms with Gasteiger partial charge in [-0.15, -0.1) is 0 Å². The van der Waals surface area contributed by atoms with Crippen LogP contribution in [0.25, 0.3) is 11.1 Å². The van der Waals surface area contributed by atoms with E-state index in [1.165, 1.54) is 6.07 Å². The van der Waals surface area contributed by atoms with Crippen molar-refractivity contribution >= 4 is 23.7 Å². The molecule has 35 heavy (non-hydrogen) atoms. The minimum Gasteiger partial charge on any atom is -0.480 e. The molecule has 7 nitrogen and oxygen atoms in total. The lowest BCUT2D eigenvalue weighted by Crippen LogP contribution is -2.40. The van der Waals surface area contributed by atoms with Gasteiger partial charge in [-0.25, -0.2) is 9.59 Å². The summed E-state index contributed by atoms with van der Waals surface area (Å²) in [5.74, 6) is -1.63. The molecule has 4 rings (SSSR count). The number of unbranched alkanes of at least 4 members (excludes halogenated alkanes) is 1. The summed E-state index contributed by atoms with van der Waals surface area (Å²) in [4.78, 5) is 36.6. The fraction of sp³-hybridized carbons (Fsp3) is 0.250. The van der Waals surface area contributed by atoms with Crippen LogP contribution in [0.4, 0.5) is 10.5 Å². The molecular formula is C28H28N2O5. The minimum absolute atomic E-state index is 0.0543. The molecule has 0 saturated carbocycles. The summed E-state index contributed by atoms with van der Waals surface area (Å²) in [6, 6.07) is 21.6. The Morgan fingerprint density at radius 1 is 0.943 bits per heavy atom. The number of carboxylic acid groups (broad SMARTS) is 1. The molecule has 0 bridgehead atoms. The fourth-order valence-electron chi connectivity index (χ4n) is 4.40. The van der Waals surface area contributed by atoms with Gasteiger partial charge in [0.05, 0.1) is 0 Å². The molecule has 3 aromatic rings. The van der Waals surface area contributed by atoms with E-state index < -0.39 is 24.0 Å². The van der Waals surface area contributed by atoms with Gasteiger partial charge < -0.3 is 15.2 Å². The Labute approximate surface area is 204 Å². The molecule has 0 aliphatic heterocycles. The normalized spacial score (nSPS) is 12.8. The molecule has 0 aromatic heterocycles. The highest BCUT2D eigenvalue weighted by Crippen LogP contribution is 2.44. The molecule has 180 valence electrons. The van der Waals surface area contributed by atoms with Crippen molar-refractivity contribution in [1.29, 1.82) is 0 Å². The fourth-order valence-corrected chi connectivity index (χ4v) is 4.40. The molecule has 1 aliphatic carbocycles. The molecule has 7 heteroatoms. The number of hydrogen-bond donors (Lipinski definition) is 3. The Balaban J connectivity index is 1.38. The first-order valence-electron chi connectivity index (χ1n) is 11.7. The number of nitrogens with one attached hydrogen (secondary N) is 2. The van der Waals surface area contributed by atoms with E-state index in [0.717, 1.165) is 28.7 Å². The van der Waals surface area contributed by atoms with Crippen molar-refractivity contribution in [3.8, 4) is 11.1 Å². The van der Waals surface area contributed by atoms with Gasteiger partial charge in [0.15, 0.2) is 0 Å². The summed E-state index contributed by atoms with van der Waals surface area (Å²) < 4.78 is 5.56. The molecule has 0 fully saturated rings. The summed E-state index contributed by atoms with van der Waals surface area (Å²) in [6.45, 7) is 2.14. The predicted octanol–water partition coefficient (Wildman–Crippen LogP) is 5.42. The van der Waals surface area contributed by atoms with Crippen molar-refractivity contribution in [1.82, 2.24) is 5.32 Å². The zero-order valence-corrected chi connectivity index (χ0v) is 19.5. The van der Waals surface area contributed by atoms with Gasteiger partial charge in [0.2, 0.25) is 0 Å². The SMILES string of the molecule is CCCC[C@H](NC(=O)c1cccc(NC(=O)OCC2c3ccccc3-c3ccccc32)c1)C(=O)O. The number of carbonyl (C=O) groups is 3. The van der Waals surface area contributed by atoms with Crippen LogP contribution >= 0.6 is 0 Å². The second-order valence-corrected chi connectivity index (χ2v) is 8.54. The lowest BCUT2D eigenvalue weighted by molar-refractivity contribution is -0.139. The number of carboxylic acids is 1. The van der Waals surface area contributed by atoms with E-state index in [1.54, 1.807) is 18.2 Å². The van der Waals surface area contributed by atoms with Crippen molar-refractivity contribution in [3.05, 3.63) is 89.5 Å². The molecule has 3 N–H and O–H groups in total. The van der Waals surface area contributed by atoms with Crippen LogP contribution in [0.1, 0.15) is 53.6 Å². The minimum atomic E-state index is -1.07. The number of carbonyl (C=O) groups excluding carboxylic acids is 2. The van der Waals surface area contributed by atoms with Gasteiger partial charge in [-0.1, -0.05) is 74.4 Å². The van der Waals surface area contributed by atoms with Crippen LogP contribution in [-0.2, 0) is 9.53 Å². The van der Waals surface area contributed by atoms with E-state index in [1.807, 2.05) is 43.3 Å². The van der Waals surface area contributed by atoms with Crippen molar-refractivity contribution in [3.63, 3.8) is 0 Å². The van der Waals surface area contributed by atoms with E-state index >= 15 is 0 Å². The molecular weight excluding hydrogens is 444 g/mol.